The molecule has 0 fully saturated rings. The third-order valence-electron chi connectivity index (χ3n) is 4.15. The summed E-state index contributed by atoms with van der Waals surface area (Å²) in [5.74, 6) is 1.21. The van der Waals surface area contributed by atoms with Crippen molar-refractivity contribution in [3.8, 4) is 5.75 Å². The van der Waals surface area contributed by atoms with Gasteiger partial charge in [0.2, 0.25) is 0 Å². The number of aryl methyl sites for hydroxylation is 3. The van der Waals surface area contributed by atoms with E-state index >= 15 is 0 Å². The van der Waals surface area contributed by atoms with E-state index in [9.17, 15) is 0 Å². The number of methoxy groups -OCH3 is 1. The lowest BCUT2D eigenvalue weighted by Gasteiger charge is -2.21. The van der Waals surface area contributed by atoms with Crippen molar-refractivity contribution in [2.24, 2.45) is 5.73 Å². The summed E-state index contributed by atoms with van der Waals surface area (Å²) in [5, 5.41) is 0. The monoisotopic (exact) mass is 283 g/mol. The minimum Gasteiger partial charge on any atom is -0.496 e. The van der Waals surface area contributed by atoms with Crippen LogP contribution in [0.15, 0.2) is 36.4 Å². The van der Waals surface area contributed by atoms with Crippen molar-refractivity contribution in [3.63, 3.8) is 0 Å². The predicted molar refractivity (Wildman–Crippen MR) is 89.1 cm³/mol. The summed E-state index contributed by atoms with van der Waals surface area (Å²) in [6.07, 6.45) is 0.953. The standard InChI is InChI=1S/C19H25NO/c1-13-9-14(2)18(15(3)10-13)11-16(12-20)17-7-5-6-8-19(17)21-4/h5-10,16H,11-12,20H2,1-4H3. The minimum atomic E-state index is 0.279. The molecule has 2 rings (SSSR count). The lowest BCUT2D eigenvalue weighted by molar-refractivity contribution is 0.405. The Morgan fingerprint density at radius 3 is 2.24 bits per heavy atom. The quantitative estimate of drug-likeness (QED) is 0.903. The molecule has 0 amide bonds. The van der Waals surface area contributed by atoms with Crippen LogP contribution in [0.3, 0.4) is 0 Å². The highest BCUT2D eigenvalue weighted by molar-refractivity contribution is 5.42. The van der Waals surface area contributed by atoms with Crippen LogP contribution in [0.2, 0.25) is 0 Å². The van der Waals surface area contributed by atoms with Crippen molar-refractivity contribution < 1.29 is 4.74 Å². The highest BCUT2D eigenvalue weighted by atomic mass is 16.5. The zero-order valence-electron chi connectivity index (χ0n) is 13.4. The molecule has 0 aromatic heterocycles. The Balaban J connectivity index is 2.36. The molecule has 0 aliphatic heterocycles. The first-order valence-corrected chi connectivity index (χ1v) is 7.46. The van der Waals surface area contributed by atoms with Crippen molar-refractivity contribution in [1.82, 2.24) is 0 Å². The first-order chi connectivity index (χ1) is 10.1. The Hall–Kier alpha value is -1.80. The van der Waals surface area contributed by atoms with E-state index in [1.807, 2.05) is 12.1 Å². The van der Waals surface area contributed by atoms with Crippen LogP contribution in [0.1, 0.15) is 33.7 Å². The normalized spacial score (nSPS) is 12.2. The van der Waals surface area contributed by atoms with Crippen LogP contribution in [0.4, 0.5) is 0 Å². The van der Waals surface area contributed by atoms with E-state index in [1.165, 1.54) is 27.8 Å². The van der Waals surface area contributed by atoms with Gasteiger partial charge in [0.25, 0.3) is 0 Å². The molecule has 0 saturated carbocycles. The molecule has 0 heterocycles. The summed E-state index contributed by atoms with van der Waals surface area (Å²) >= 11 is 0. The molecule has 0 aliphatic rings. The average molecular weight is 283 g/mol. The number of benzene rings is 2. The van der Waals surface area contributed by atoms with Crippen molar-refractivity contribution in [2.75, 3.05) is 13.7 Å². The van der Waals surface area contributed by atoms with Gasteiger partial charge in [-0.1, -0.05) is 35.9 Å². The van der Waals surface area contributed by atoms with Gasteiger partial charge < -0.3 is 10.5 Å². The second-order valence-corrected chi connectivity index (χ2v) is 5.76. The Morgan fingerprint density at radius 2 is 1.67 bits per heavy atom. The second-order valence-electron chi connectivity index (χ2n) is 5.76. The number of nitrogens with two attached hydrogens (primary N) is 1. The van der Waals surface area contributed by atoms with Crippen molar-refractivity contribution in [2.45, 2.75) is 33.1 Å². The van der Waals surface area contributed by atoms with Gasteiger partial charge in [-0.05, 0) is 62.1 Å². The summed E-state index contributed by atoms with van der Waals surface area (Å²) in [7, 11) is 1.72. The Morgan fingerprint density at radius 1 is 1.05 bits per heavy atom. The highest BCUT2D eigenvalue weighted by Gasteiger charge is 2.17. The first-order valence-electron chi connectivity index (χ1n) is 7.46. The fourth-order valence-electron chi connectivity index (χ4n) is 3.10. The van der Waals surface area contributed by atoms with Crippen LogP contribution in [0.5, 0.6) is 5.75 Å². The van der Waals surface area contributed by atoms with Crippen LogP contribution in [0, 0.1) is 20.8 Å². The minimum absolute atomic E-state index is 0.279. The molecular weight excluding hydrogens is 258 g/mol. The van der Waals surface area contributed by atoms with E-state index in [0.717, 1.165) is 12.2 Å². The second kappa shape index (κ2) is 6.77. The van der Waals surface area contributed by atoms with Gasteiger partial charge in [-0.25, -0.2) is 0 Å². The molecule has 2 aromatic carbocycles. The number of hydrogen-bond donors (Lipinski definition) is 1. The van der Waals surface area contributed by atoms with E-state index in [2.05, 4.69) is 45.0 Å². The predicted octanol–water partition coefficient (Wildman–Crippen LogP) is 3.91. The SMILES string of the molecule is COc1ccccc1C(CN)Cc1c(C)cc(C)cc1C. The fraction of sp³-hybridized carbons (Fsp3) is 0.368. The van der Waals surface area contributed by atoms with Crippen LogP contribution >= 0.6 is 0 Å². The third kappa shape index (κ3) is 3.45. The van der Waals surface area contributed by atoms with Crippen molar-refractivity contribution >= 4 is 0 Å². The molecule has 2 nitrogen and oxygen atoms in total. The van der Waals surface area contributed by atoms with Crippen LogP contribution in [-0.4, -0.2) is 13.7 Å². The highest BCUT2D eigenvalue weighted by Crippen LogP contribution is 2.30. The third-order valence-corrected chi connectivity index (χ3v) is 4.15. The maximum Gasteiger partial charge on any atom is 0.122 e. The maximum atomic E-state index is 6.05. The topological polar surface area (TPSA) is 35.2 Å². The number of para-hydroxylation sites is 1. The number of ether oxygens (including phenoxy) is 1. The van der Waals surface area contributed by atoms with Gasteiger partial charge >= 0.3 is 0 Å². The van der Waals surface area contributed by atoms with Gasteiger partial charge in [-0.15, -0.1) is 0 Å². The molecule has 1 unspecified atom stereocenters. The maximum absolute atomic E-state index is 6.05. The van der Waals surface area contributed by atoms with Crippen LogP contribution in [-0.2, 0) is 6.42 Å². The summed E-state index contributed by atoms with van der Waals surface area (Å²) in [6.45, 7) is 7.13. The molecule has 2 N–H and O–H groups in total. The Labute approximate surface area is 127 Å². The van der Waals surface area contributed by atoms with E-state index in [1.54, 1.807) is 7.11 Å². The molecule has 0 spiro atoms. The largest absolute Gasteiger partial charge is 0.496 e. The zero-order chi connectivity index (χ0) is 15.4. The first kappa shape index (κ1) is 15.6. The van der Waals surface area contributed by atoms with E-state index in [4.69, 9.17) is 10.5 Å². The van der Waals surface area contributed by atoms with Crippen LogP contribution in [0.25, 0.3) is 0 Å². The Bertz CT molecular complexity index is 596. The van der Waals surface area contributed by atoms with Crippen molar-refractivity contribution in [3.05, 3.63) is 64.2 Å². The average Bonchev–Trinajstić information content (AvgIpc) is 2.46. The van der Waals surface area contributed by atoms with Gasteiger partial charge in [-0.3, -0.25) is 0 Å². The van der Waals surface area contributed by atoms with E-state index in [-0.39, 0.29) is 5.92 Å². The fourth-order valence-corrected chi connectivity index (χ4v) is 3.10. The summed E-state index contributed by atoms with van der Waals surface area (Å²) < 4.78 is 5.49. The molecule has 0 radical (unpaired) electrons. The summed E-state index contributed by atoms with van der Waals surface area (Å²) in [5.41, 5.74) is 12.7. The number of rotatable bonds is 5. The Kier molecular flexibility index (Phi) is 5.03. The zero-order valence-corrected chi connectivity index (χ0v) is 13.4. The molecule has 1 atom stereocenters. The molecule has 21 heavy (non-hydrogen) atoms. The van der Waals surface area contributed by atoms with Gasteiger partial charge in [-0.2, -0.15) is 0 Å². The van der Waals surface area contributed by atoms with E-state index < -0.39 is 0 Å². The lowest BCUT2D eigenvalue weighted by atomic mass is 9.87. The van der Waals surface area contributed by atoms with Crippen LogP contribution < -0.4 is 10.5 Å². The van der Waals surface area contributed by atoms with Gasteiger partial charge in [0.1, 0.15) is 5.75 Å². The number of hydrogen-bond acceptors (Lipinski definition) is 2. The van der Waals surface area contributed by atoms with E-state index in [0.29, 0.717) is 6.54 Å². The molecule has 0 saturated heterocycles. The van der Waals surface area contributed by atoms with Gasteiger partial charge in [0.05, 0.1) is 7.11 Å². The smallest absolute Gasteiger partial charge is 0.122 e. The molecule has 0 bridgehead atoms. The molecule has 2 heteroatoms. The lowest BCUT2D eigenvalue weighted by Crippen LogP contribution is -2.17. The summed E-state index contributed by atoms with van der Waals surface area (Å²) in [6, 6.07) is 12.7. The molecular formula is C19H25NO. The molecule has 2 aromatic rings. The molecule has 112 valence electrons. The van der Waals surface area contributed by atoms with Gasteiger partial charge in [0, 0.05) is 5.92 Å². The molecule has 0 aliphatic carbocycles. The van der Waals surface area contributed by atoms with Crippen molar-refractivity contribution in [1.29, 1.82) is 0 Å². The van der Waals surface area contributed by atoms with Gasteiger partial charge in [0.15, 0.2) is 0 Å². The summed E-state index contributed by atoms with van der Waals surface area (Å²) in [4.78, 5) is 0.